The average molecular weight is 311 g/mol. The van der Waals surface area contributed by atoms with E-state index in [9.17, 15) is 4.79 Å². The van der Waals surface area contributed by atoms with Crippen LogP contribution in [0.15, 0.2) is 28.9 Å². The lowest BCUT2D eigenvalue weighted by Crippen LogP contribution is -2.36. The number of hydrogen-bond donors (Lipinski definition) is 1. The summed E-state index contributed by atoms with van der Waals surface area (Å²) in [5.41, 5.74) is 2.44. The van der Waals surface area contributed by atoms with Crippen molar-refractivity contribution in [2.45, 2.75) is 25.8 Å². The number of hydrogen-bond acceptors (Lipinski definition) is 6. The monoisotopic (exact) mass is 311 g/mol. The summed E-state index contributed by atoms with van der Waals surface area (Å²) in [6.07, 6.45) is 5.39. The van der Waals surface area contributed by atoms with Crippen LogP contribution >= 0.6 is 0 Å². The summed E-state index contributed by atoms with van der Waals surface area (Å²) in [6, 6.07) is 5.35. The number of carbonyl (C=O) groups excluding carboxylic acids is 1. The van der Waals surface area contributed by atoms with Gasteiger partial charge in [0.25, 0.3) is 5.91 Å². The summed E-state index contributed by atoms with van der Waals surface area (Å²) in [5.74, 6) is -0.136. The molecule has 0 aromatic carbocycles. The molecule has 23 heavy (non-hydrogen) atoms. The van der Waals surface area contributed by atoms with E-state index in [0.29, 0.717) is 18.8 Å². The molecular weight excluding hydrogens is 294 g/mol. The Labute approximate surface area is 133 Å². The number of nitriles is 1. The Morgan fingerprint density at radius 1 is 1.57 bits per heavy atom. The van der Waals surface area contributed by atoms with E-state index >= 15 is 0 Å². The predicted molar refractivity (Wildman–Crippen MR) is 82.2 cm³/mol. The van der Waals surface area contributed by atoms with Gasteiger partial charge in [0.15, 0.2) is 6.19 Å². The smallest absolute Gasteiger partial charge is 0.290 e. The van der Waals surface area contributed by atoms with Crippen molar-refractivity contribution in [3.8, 4) is 17.5 Å². The van der Waals surface area contributed by atoms with E-state index in [1.807, 2.05) is 19.1 Å². The quantitative estimate of drug-likeness (QED) is 0.861. The highest BCUT2D eigenvalue weighted by Crippen LogP contribution is 2.20. The molecule has 3 heterocycles. The first-order valence-electron chi connectivity index (χ1n) is 7.57. The Morgan fingerprint density at radius 2 is 2.43 bits per heavy atom. The van der Waals surface area contributed by atoms with Gasteiger partial charge in [-0.1, -0.05) is 12.1 Å². The van der Waals surface area contributed by atoms with Crippen LogP contribution in [0.2, 0.25) is 0 Å². The normalized spacial score (nSPS) is 17.0. The van der Waals surface area contributed by atoms with E-state index in [0.717, 1.165) is 24.1 Å². The van der Waals surface area contributed by atoms with Gasteiger partial charge in [0.2, 0.25) is 5.76 Å². The van der Waals surface area contributed by atoms with Gasteiger partial charge >= 0.3 is 0 Å². The number of amides is 1. The minimum Gasteiger partial charge on any atom is -0.350 e. The largest absolute Gasteiger partial charge is 0.350 e. The highest BCUT2D eigenvalue weighted by atomic mass is 16.5. The summed E-state index contributed by atoms with van der Waals surface area (Å²) >= 11 is 0. The zero-order valence-electron chi connectivity index (χ0n) is 12.8. The second kappa shape index (κ2) is 6.48. The van der Waals surface area contributed by atoms with Gasteiger partial charge in [-0.3, -0.25) is 9.78 Å². The van der Waals surface area contributed by atoms with Crippen LogP contribution in [0.4, 0.5) is 0 Å². The molecule has 3 rings (SSSR count). The maximum absolute atomic E-state index is 12.2. The van der Waals surface area contributed by atoms with E-state index < -0.39 is 0 Å². The molecule has 0 spiro atoms. The van der Waals surface area contributed by atoms with E-state index in [-0.39, 0.29) is 17.7 Å². The van der Waals surface area contributed by atoms with Gasteiger partial charge < -0.3 is 14.7 Å². The lowest BCUT2D eigenvalue weighted by Gasteiger charge is -2.10. The molecule has 0 radical (unpaired) electrons. The number of rotatable bonds is 4. The van der Waals surface area contributed by atoms with Crippen LogP contribution in [0.25, 0.3) is 11.3 Å². The first-order valence-corrected chi connectivity index (χ1v) is 7.57. The lowest BCUT2D eigenvalue weighted by atomic mass is 10.1. The third kappa shape index (κ3) is 3.31. The molecular formula is C16H17N5O2. The molecule has 118 valence electrons. The molecule has 0 aliphatic carbocycles. The molecule has 7 heteroatoms. The van der Waals surface area contributed by atoms with Crippen LogP contribution in [-0.4, -0.2) is 40.1 Å². The second-order valence-corrected chi connectivity index (χ2v) is 5.47. The van der Waals surface area contributed by atoms with Gasteiger partial charge in [0.1, 0.15) is 5.69 Å². The Kier molecular flexibility index (Phi) is 4.24. The zero-order valence-corrected chi connectivity index (χ0v) is 12.8. The first-order chi connectivity index (χ1) is 11.2. The molecule has 1 aliphatic heterocycles. The number of aromatic nitrogens is 2. The van der Waals surface area contributed by atoms with Crippen LogP contribution in [0.3, 0.4) is 0 Å². The van der Waals surface area contributed by atoms with Crippen LogP contribution < -0.4 is 5.32 Å². The number of aryl methyl sites for hydroxylation is 1. The van der Waals surface area contributed by atoms with E-state index in [4.69, 9.17) is 9.78 Å². The fourth-order valence-corrected chi connectivity index (χ4v) is 2.57. The summed E-state index contributed by atoms with van der Waals surface area (Å²) in [6.45, 7) is 3.23. The predicted octanol–water partition coefficient (Wildman–Crippen LogP) is 1.58. The fraction of sp³-hybridized carbons (Fsp3) is 0.375. The Hall–Kier alpha value is -2.88. The maximum Gasteiger partial charge on any atom is 0.290 e. The minimum atomic E-state index is -0.307. The Morgan fingerprint density at radius 3 is 3.17 bits per heavy atom. The van der Waals surface area contributed by atoms with Crippen molar-refractivity contribution in [3.05, 3.63) is 35.9 Å². The van der Waals surface area contributed by atoms with Crippen LogP contribution in [0, 0.1) is 11.5 Å². The number of pyridine rings is 1. The summed E-state index contributed by atoms with van der Waals surface area (Å²) in [5, 5.41) is 15.7. The number of nitrogens with zero attached hydrogens (tertiary/aromatic N) is 4. The van der Waals surface area contributed by atoms with Crippen molar-refractivity contribution < 1.29 is 9.32 Å². The molecule has 1 N–H and O–H groups in total. The molecule has 0 saturated carbocycles. The molecule has 0 unspecified atom stereocenters. The van der Waals surface area contributed by atoms with Gasteiger partial charge in [0, 0.05) is 42.7 Å². The van der Waals surface area contributed by atoms with Crippen molar-refractivity contribution >= 4 is 5.91 Å². The van der Waals surface area contributed by atoms with Gasteiger partial charge in [-0.2, -0.15) is 5.26 Å². The second-order valence-electron chi connectivity index (χ2n) is 5.47. The van der Waals surface area contributed by atoms with Crippen molar-refractivity contribution in [3.63, 3.8) is 0 Å². The number of nitrogens with one attached hydrogen (secondary N) is 1. The van der Waals surface area contributed by atoms with Crippen LogP contribution in [0.5, 0.6) is 0 Å². The maximum atomic E-state index is 12.2. The van der Waals surface area contributed by atoms with Gasteiger partial charge in [-0.05, 0) is 25.0 Å². The highest BCUT2D eigenvalue weighted by molar-refractivity contribution is 5.92. The summed E-state index contributed by atoms with van der Waals surface area (Å²) < 4.78 is 5.16. The molecule has 7 nitrogen and oxygen atoms in total. The molecule has 2 aromatic heterocycles. The summed E-state index contributed by atoms with van der Waals surface area (Å²) in [4.78, 5) is 18.1. The van der Waals surface area contributed by atoms with Crippen molar-refractivity contribution in [2.75, 3.05) is 13.1 Å². The fourth-order valence-electron chi connectivity index (χ4n) is 2.57. The van der Waals surface area contributed by atoms with E-state index in [2.05, 4.69) is 21.7 Å². The Bertz CT molecular complexity index is 749. The first kappa shape index (κ1) is 15.0. The number of likely N-dealkylation sites (tertiary alicyclic amines) is 1. The van der Waals surface area contributed by atoms with Gasteiger partial charge in [-0.15, -0.1) is 0 Å². The summed E-state index contributed by atoms with van der Waals surface area (Å²) in [7, 11) is 0. The SMILES string of the molecule is CCc1cc(-c2cc(C(=O)N[C@@H]3CCN(C#N)C3)on2)ccn1. The number of carbonyl (C=O) groups is 1. The van der Waals surface area contributed by atoms with E-state index in [1.165, 1.54) is 0 Å². The average Bonchev–Trinajstić information content (AvgIpc) is 3.24. The lowest BCUT2D eigenvalue weighted by molar-refractivity contribution is 0.0901. The van der Waals surface area contributed by atoms with Crippen LogP contribution in [0.1, 0.15) is 29.6 Å². The van der Waals surface area contributed by atoms with Gasteiger partial charge in [0.05, 0.1) is 0 Å². The highest BCUT2D eigenvalue weighted by Gasteiger charge is 2.25. The van der Waals surface area contributed by atoms with Crippen molar-refractivity contribution in [2.24, 2.45) is 0 Å². The van der Waals surface area contributed by atoms with Crippen molar-refractivity contribution in [1.29, 1.82) is 5.26 Å². The molecule has 0 bridgehead atoms. The van der Waals surface area contributed by atoms with Crippen LogP contribution in [-0.2, 0) is 6.42 Å². The molecule has 1 atom stereocenters. The minimum absolute atomic E-state index is 0.0386. The molecule has 1 aliphatic rings. The zero-order chi connectivity index (χ0) is 16.2. The Balaban J connectivity index is 1.69. The van der Waals surface area contributed by atoms with Crippen molar-refractivity contribution in [1.82, 2.24) is 20.4 Å². The third-order valence-electron chi connectivity index (χ3n) is 3.87. The van der Waals surface area contributed by atoms with E-state index in [1.54, 1.807) is 17.2 Å². The molecule has 2 aromatic rings. The standard InChI is InChI=1S/C16H17N5O2/c1-2-12-7-11(3-5-18-12)14-8-15(23-20-14)16(22)19-13-4-6-21(9-13)10-17/h3,5,7-8,13H,2,4,6,9H2,1H3,(H,19,22)/t13-/m1/s1. The molecule has 1 saturated heterocycles. The van der Waals surface area contributed by atoms with Gasteiger partial charge in [-0.25, -0.2) is 0 Å². The molecule has 1 amide bonds. The molecule has 1 fully saturated rings. The third-order valence-corrected chi connectivity index (χ3v) is 3.87. The topological polar surface area (TPSA) is 95.1 Å².